The van der Waals surface area contributed by atoms with Crippen LogP contribution in [-0.4, -0.2) is 15.0 Å². The number of hydrogen-bond acceptors (Lipinski definition) is 4. The molecule has 0 unspecified atom stereocenters. The Hall–Kier alpha value is -3.06. The molecule has 100 valence electrons. The average Bonchev–Trinajstić information content (AvgIpc) is 2.56. The minimum atomic E-state index is 0.333. The summed E-state index contributed by atoms with van der Waals surface area (Å²) in [6.07, 6.45) is 9.09. The van der Waals surface area contributed by atoms with Crippen LogP contribution in [0.2, 0.25) is 0 Å². The Morgan fingerprint density at radius 3 is 2.24 bits per heavy atom. The van der Waals surface area contributed by atoms with Gasteiger partial charge in [-0.15, -0.1) is 0 Å². The van der Waals surface area contributed by atoms with E-state index in [0.29, 0.717) is 6.42 Å². The summed E-state index contributed by atoms with van der Waals surface area (Å²) < 4.78 is 0. The fourth-order valence-electron chi connectivity index (χ4n) is 2.29. The number of nitrogens with zero attached hydrogens (tertiary/aromatic N) is 4. The van der Waals surface area contributed by atoms with Crippen LogP contribution in [-0.2, 0) is 6.42 Å². The van der Waals surface area contributed by atoms with Gasteiger partial charge in [0, 0.05) is 47.7 Å². The van der Waals surface area contributed by atoms with Gasteiger partial charge in [-0.1, -0.05) is 6.07 Å². The van der Waals surface area contributed by atoms with Gasteiger partial charge in [0.25, 0.3) is 0 Å². The Labute approximate surface area is 122 Å². The molecular formula is C17H12N4. The number of pyridine rings is 3. The quantitative estimate of drug-likeness (QED) is 0.734. The molecule has 0 aliphatic heterocycles. The lowest BCUT2D eigenvalue weighted by Gasteiger charge is -2.12. The fraction of sp³-hybridized carbons (Fsp3) is 0.0588. The van der Waals surface area contributed by atoms with Crippen molar-refractivity contribution in [3.8, 4) is 28.5 Å². The van der Waals surface area contributed by atoms with E-state index < -0.39 is 0 Å². The van der Waals surface area contributed by atoms with Crippen molar-refractivity contribution in [1.29, 1.82) is 5.26 Å². The van der Waals surface area contributed by atoms with Gasteiger partial charge >= 0.3 is 0 Å². The molecule has 0 atom stereocenters. The standard InChI is InChI=1S/C17H12N4/c18-7-5-13-6-10-21-17(15-4-2-9-20-12-15)16(13)14-3-1-8-19-11-14/h1-4,6,8-12H,5H2. The van der Waals surface area contributed by atoms with E-state index in [4.69, 9.17) is 5.26 Å². The number of rotatable bonds is 3. The van der Waals surface area contributed by atoms with Crippen LogP contribution in [0.1, 0.15) is 5.56 Å². The normalized spacial score (nSPS) is 10.0. The van der Waals surface area contributed by atoms with Crippen molar-refractivity contribution in [2.75, 3.05) is 0 Å². The van der Waals surface area contributed by atoms with Gasteiger partial charge in [0.15, 0.2) is 0 Å². The van der Waals surface area contributed by atoms with Crippen LogP contribution in [0.25, 0.3) is 22.4 Å². The van der Waals surface area contributed by atoms with Crippen LogP contribution in [0.3, 0.4) is 0 Å². The topological polar surface area (TPSA) is 62.5 Å². The van der Waals surface area contributed by atoms with Gasteiger partial charge in [0.2, 0.25) is 0 Å². The molecule has 0 saturated heterocycles. The first kappa shape index (κ1) is 12.9. The molecule has 0 fully saturated rings. The maximum Gasteiger partial charge on any atom is 0.0799 e. The lowest BCUT2D eigenvalue weighted by molar-refractivity contribution is 1.20. The third kappa shape index (κ3) is 2.63. The van der Waals surface area contributed by atoms with Crippen LogP contribution in [0.15, 0.2) is 61.3 Å². The summed E-state index contributed by atoms with van der Waals surface area (Å²) in [5.74, 6) is 0. The molecule has 21 heavy (non-hydrogen) atoms. The molecule has 0 aromatic carbocycles. The molecule has 0 aliphatic rings. The Morgan fingerprint density at radius 2 is 1.62 bits per heavy atom. The van der Waals surface area contributed by atoms with Gasteiger partial charge in [-0.2, -0.15) is 5.26 Å². The smallest absolute Gasteiger partial charge is 0.0799 e. The second-order valence-electron chi connectivity index (χ2n) is 4.51. The van der Waals surface area contributed by atoms with E-state index in [-0.39, 0.29) is 0 Å². The highest BCUT2D eigenvalue weighted by atomic mass is 14.7. The Morgan fingerprint density at radius 1 is 0.905 bits per heavy atom. The van der Waals surface area contributed by atoms with Crippen LogP contribution in [0.4, 0.5) is 0 Å². The third-order valence-corrected chi connectivity index (χ3v) is 3.19. The molecule has 0 aliphatic carbocycles. The largest absolute Gasteiger partial charge is 0.264 e. The van der Waals surface area contributed by atoms with Gasteiger partial charge in [0.05, 0.1) is 18.2 Å². The van der Waals surface area contributed by atoms with Gasteiger partial charge in [-0.05, 0) is 29.8 Å². The SMILES string of the molecule is N#CCc1ccnc(-c2cccnc2)c1-c1cccnc1. The van der Waals surface area contributed by atoms with Crippen molar-refractivity contribution >= 4 is 0 Å². The Balaban J connectivity index is 2.26. The van der Waals surface area contributed by atoms with E-state index in [2.05, 4.69) is 21.0 Å². The highest BCUT2D eigenvalue weighted by Gasteiger charge is 2.13. The summed E-state index contributed by atoms with van der Waals surface area (Å²) in [5.41, 5.74) is 4.59. The lowest BCUT2D eigenvalue weighted by Crippen LogP contribution is -1.96. The predicted molar refractivity (Wildman–Crippen MR) is 80.0 cm³/mol. The summed E-state index contributed by atoms with van der Waals surface area (Å²) >= 11 is 0. The van der Waals surface area contributed by atoms with E-state index >= 15 is 0 Å². The minimum absolute atomic E-state index is 0.333. The monoisotopic (exact) mass is 272 g/mol. The van der Waals surface area contributed by atoms with Crippen molar-refractivity contribution in [3.05, 3.63) is 66.9 Å². The van der Waals surface area contributed by atoms with Gasteiger partial charge in [-0.3, -0.25) is 15.0 Å². The Kier molecular flexibility index (Phi) is 3.66. The molecule has 3 aromatic rings. The summed E-state index contributed by atoms with van der Waals surface area (Å²) in [5, 5.41) is 9.05. The molecule has 4 heteroatoms. The highest BCUT2D eigenvalue weighted by Crippen LogP contribution is 2.32. The van der Waals surface area contributed by atoms with Crippen molar-refractivity contribution in [2.45, 2.75) is 6.42 Å². The summed E-state index contributed by atoms with van der Waals surface area (Å²) in [7, 11) is 0. The zero-order valence-corrected chi connectivity index (χ0v) is 11.3. The molecule has 0 amide bonds. The van der Waals surface area contributed by atoms with E-state index in [0.717, 1.165) is 27.9 Å². The average molecular weight is 272 g/mol. The number of hydrogen-bond donors (Lipinski definition) is 0. The molecule has 3 aromatic heterocycles. The first-order chi connectivity index (χ1) is 10.4. The number of nitriles is 1. The fourth-order valence-corrected chi connectivity index (χ4v) is 2.29. The first-order valence-corrected chi connectivity index (χ1v) is 6.56. The second-order valence-corrected chi connectivity index (χ2v) is 4.51. The molecule has 0 spiro atoms. The van der Waals surface area contributed by atoms with E-state index in [9.17, 15) is 0 Å². The third-order valence-electron chi connectivity index (χ3n) is 3.19. The maximum absolute atomic E-state index is 9.05. The van der Waals surface area contributed by atoms with E-state index in [1.807, 2.05) is 30.3 Å². The van der Waals surface area contributed by atoms with Gasteiger partial charge < -0.3 is 0 Å². The second kappa shape index (κ2) is 5.93. The summed E-state index contributed by atoms with van der Waals surface area (Å²) in [6.45, 7) is 0. The van der Waals surface area contributed by atoms with Crippen LogP contribution < -0.4 is 0 Å². The van der Waals surface area contributed by atoms with Crippen molar-refractivity contribution in [3.63, 3.8) is 0 Å². The summed E-state index contributed by atoms with van der Waals surface area (Å²) in [4.78, 5) is 12.8. The first-order valence-electron chi connectivity index (χ1n) is 6.56. The maximum atomic E-state index is 9.05. The molecular weight excluding hydrogens is 260 g/mol. The molecule has 0 N–H and O–H groups in total. The summed E-state index contributed by atoms with van der Waals surface area (Å²) in [6, 6.07) is 11.8. The van der Waals surface area contributed by atoms with Crippen molar-refractivity contribution < 1.29 is 0 Å². The highest BCUT2D eigenvalue weighted by molar-refractivity contribution is 5.82. The molecule has 4 nitrogen and oxygen atoms in total. The molecule has 3 rings (SSSR count). The van der Waals surface area contributed by atoms with Gasteiger partial charge in [0.1, 0.15) is 0 Å². The van der Waals surface area contributed by atoms with Crippen molar-refractivity contribution in [2.24, 2.45) is 0 Å². The predicted octanol–water partition coefficient (Wildman–Crippen LogP) is 3.27. The zero-order valence-electron chi connectivity index (χ0n) is 11.3. The minimum Gasteiger partial charge on any atom is -0.264 e. The zero-order chi connectivity index (χ0) is 14.5. The van der Waals surface area contributed by atoms with Crippen LogP contribution in [0.5, 0.6) is 0 Å². The van der Waals surface area contributed by atoms with Crippen LogP contribution in [0, 0.1) is 11.3 Å². The molecule has 0 saturated carbocycles. The Bertz CT molecular complexity index is 777. The van der Waals surface area contributed by atoms with Gasteiger partial charge in [-0.25, -0.2) is 0 Å². The lowest BCUT2D eigenvalue weighted by atomic mass is 9.95. The van der Waals surface area contributed by atoms with E-state index in [1.165, 1.54) is 0 Å². The van der Waals surface area contributed by atoms with E-state index in [1.54, 1.807) is 31.0 Å². The molecule has 0 bridgehead atoms. The molecule has 3 heterocycles. The number of aromatic nitrogens is 3. The molecule has 0 radical (unpaired) electrons. The van der Waals surface area contributed by atoms with Crippen molar-refractivity contribution in [1.82, 2.24) is 15.0 Å². The van der Waals surface area contributed by atoms with Crippen LogP contribution >= 0.6 is 0 Å².